The van der Waals surface area contributed by atoms with E-state index in [0.717, 1.165) is 11.1 Å². The van der Waals surface area contributed by atoms with Crippen LogP contribution in [0.1, 0.15) is 30.4 Å². The summed E-state index contributed by atoms with van der Waals surface area (Å²) in [5.41, 5.74) is -0.485. The number of hydrogen-bond acceptors (Lipinski definition) is 2. The molecule has 3 nitrogen and oxygen atoms in total. The van der Waals surface area contributed by atoms with Gasteiger partial charge in [0.1, 0.15) is 0 Å². The van der Waals surface area contributed by atoms with Gasteiger partial charge in [0, 0.05) is 32.4 Å². The van der Waals surface area contributed by atoms with E-state index in [-0.39, 0.29) is 25.4 Å². The third-order valence-corrected chi connectivity index (χ3v) is 4.22. The van der Waals surface area contributed by atoms with Gasteiger partial charge in [0.2, 0.25) is 5.91 Å². The van der Waals surface area contributed by atoms with Gasteiger partial charge in [-0.05, 0) is 18.9 Å². The summed E-state index contributed by atoms with van der Waals surface area (Å²) in [6.07, 6.45) is -4.70. The van der Waals surface area contributed by atoms with Gasteiger partial charge in [-0.3, -0.25) is 4.79 Å². The highest BCUT2D eigenvalue weighted by Gasteiger charge is 2.54. The Morgan fingerprint density at radius 1 is 1.23 bits per heavy atom. The Hall–Kier alpha value is -1.56. The van der Waals surface area contributed by atoms with E-state index in [1.165, 1.54) is 4.90 Å². The summed E-state index contributed by atoms with van der Waals surface area (Å²) in [6.45, 7) is 1.87. The first-order valence-electron chi connectivity index (χ1n) is 7.34. The number of likely N-dealkylation sites (tertiary alicyclic amines) is 1. The number of rotatable bonds is 3. The van der Waals surface area contributed by atoms with Crippen LogP contribution >= 0.6 is 0 Å². The van der Waals surface area contributed by atoms with E-state index < -0.39 is 24.6 Å². The molecule has 1 amide bonds. The van der Waals surface area contributed by atoms with E-state index in [1.54, 1.807) is 0 Å². The van der Waals surface area contributed by atoms with E-state index in [9.17, 15) is 23.1 Å². The Labute approximate surface area is 127 Å². The van der Waals surface area contributed by atoms with Gasteiger partial charge in [-0.1, -0.05) is 29.8 Å². The molecular weight excluding hydrogens is 295 g/mol. The molecule has 0 spiro atoms. The van der Waals surface area contributed by atoms with E-state index in [4.69, 9.17) is 0 Å². The Morgan fingerprint density at radius 3 is 2.27 bits per heavy atom. The number of amides is 1. The Bertz CT molecular complexity index is 517. The average Bonchev–Trinajstić information content (AvgIpc) is 2.46. The van der Waals surface area contributed by atoms with E-state index >= 15 is 0 Å². The van der Waals surface area contributed by atoms with Crippen LogP contribution in [0.5, 0.6) is 0 Å². The largest absolute Gasteiger partial charge is 0.417 e. The minimum atomic E-state index is -4.63. The molecule has 0 unspecified atom stereocenters. The van der Waals surface area contributed by atoms with Gasteiger partial charge in [0.05, 0.1) is 0 Å². The predicted molar refractivity (Wildman–Crippen MR) is 76.3 cm³/mol. The Balaban J connectivity index is 1.84. The molecule has 0 bridgehead atoms. The maximum absolute atomic E-state index is 12.7. The van der Waals surface area contributed by atoms with Crippen molar-refractivity contribution in [2.45, 2.75) is 44.4 Å². The molecule has 22 heavy (non-hydrogen) atoms. The monoisotopic (exact) mass is 315 g/mol. The van der Waals surface area contributed by atoms with Crippen LogP contribution in [-0.2, 0) is 11.2 Å². The molecular formula is C16H20F3NO2. The molecule has 1 fully saturated rings. The first-order chi connectivity index (χ1) is 10.2. The van der Waals surface area contributed by atoms with Crippen molar-refractivity contribution < 1.29 is 23.1 Å². The number of alkyl halides is 3. The maximum Gasteiger partial charge on any atom is 0.417 e. The zero-order valence-electron chi connectivity index (χ0n) is 12.5. The summed E-state index contributed by atoms with van der Waals surface area (Å²) in [6, 6.07) is 7.82. The minimum absolute atomic E-state index is 0.0528. The molecule has 1 N–H and O–H groups in total. The fraction of sp³-hybridized carbons (Fsp3) is 0.562. The highest BCUT2D eigenvalue weighted by molar-refractivity contribution is 5.76. The normalized spacial score (nSPS) is 18.3. The maximum atomic E-state index is 12.7. The number of aryl methyl sites for hydroxylation is 2. The second-order valence-corrected chi connectivity index (χ2v) is 5.90. The molecule has 0 aromatic heterocycles. The molecule has 1 heterocycles. The number of benzene rings is 1. The first kappa shape index (κ1) is 16.8. The molecule has 6 heteroatoms. The highest BCUT2D eigenvalue weighted by atomic mass is 19.4. The molecule has 0 aliphatic carbocycles. The van der Waals surface area contributed by atoms with Crippen molar-refractivity contribution in [2.75, 3.05) is 13.1 Å². The second-order valence-electron chi connectivity index (χ2n) is 5.90. The quantitative estimate of drug-likeness (QED) is 0.932. The third kappa shape index (κ3) is 3.80. The molecule has 0 atom stereocenters. The number of hydrogen-bond donors (Lipinski definition) is 1. The van der Waals surface area contributed by atoms with Crippen LogP contribution in [0.4, 0.5) is 13.2 Å². The van der Waals surface area contributed by atoms with Crippen LogP contribution in [0.2, 0.25) is 0 Å². The lowest BCUT2D eigenvalue weighted by atomic mass is 9.90. The molecule has 1 aromatic rings. The molecule has 122 valence electrons. The van der Waals surface area contributed by atoms with Gasteiger partial charge >= 0.3 is 6.18 Å². The average molecular weight is 315 g/mol. The molecule has 1 saturated heterocycles. The zero-order chi connectivity index (χ0) is 16.4. The number of carbonyl (C=O) groups excluding carboxylic acids is 1. The van der Waals surface area contributed by atoms with Crippen LogP contribution in [-0.4, -0.2) is 40.8 Å². The van der Waals surface area contributed by atoms with Crippen molar-refractivity contribution in [3.05, 3.63) is 35.4 Å². The molecule has 1 aliphatic rings. The summed E-state index contributed by atoms with van der Waals surface area (Å²) in [5, 5.41) is 9.58. The van der Waals surface area contributed by atoms with Gasteiger partial charge in [-0.25, -0.2) is 0 Å². The van der Waals surface area contributed by atoms with Crippen LogP contribution in [0.15, 0.2) is 24.3 Å². The van der Waals surface area contributed by atoms with Gasteiger partial charge in [0.15, 0.2) is 5.60 Å². The number of nitrogens with zero attached hydrogens (tertiary/aromatic N) is 1. The third-order valence-electron chi connectivity index (χ3n) is 4.22. The van der Waals surface area contributed by atoms with Crippen molar-refractivity contribution >= 4 is 5.91 Å². The fourth-order valence-corrected chi connectivity index (χ4v) is 2.57. The standard InChI is InChI=1S/C16H20F3NO2/c1-12-2-4-13(5-3-12)6-7-14(21)20-10-8-15(22,9-11-20)16(17,18)19/h2-5,22H,6-11H2,1H3. The van der Waals surface area contributed by atoms with Crippen LogP contribution in [0.3, 0.4) is 0 Å². The predicted octanol–water partition coefficient (Wildman–Crippen LogP) is 2.84. The van der Waals surface area contributed by atoms with Gasteiger partial charge in [-0.15, -0.1) is 0 Å². The van der Waals surface area contributed by atoms with Gasteiger partial charge in [0.25, 0.3) is 0 Å². The lowest BCUT2D eigenvalue weighted by Crippen LogP contribution is -2.54. The van der Waals surface area contributed by atoms with Crippen molar-refractivity contribution in [2.24, 2.45) is 0 Å². The van der Waals surface area contributed by atoms with Crippen LogP contribution in [0.25, 0.3) is 0 Å². The molecule has 1 aromatic carbocycles. The lowest BCUT2D eigenvalue weighted by Gasteiger charge is -2.39. The summed E-state index contributed by atoms with van der Waals surface area (Å²) in [5.74, 6) is -0.162. The molecule has 2 rings (SSSR count). The number of piperidine rings is 1. The van der Waals surface area contributed by atoms with Crippen molar-refractivity contribution in [3.63, 3.8) is 0 Å². The van der Waals surface area contributed by atoms with Crippen LogP contribution in [0, 0.1) is 6.92 Å². The number of aliphatic hydroxyl groups is 1. The zero-order valence-corrected chi connectivity index (χ0v) is 12.5. The van der Waals surface area contributed by atoms with Crippen molar-refractivity contribution in [1.82, 2.24) is 4.90 Å². The van der Waals surface area contributed by atoms with E-state index in [0.29, 0.717) is 6.42 Å². The minimum Gasteiger partial charge on any atom is -0.380 e. The molecule has 1 aliphatic heterocycles. The summed E-state index contributed by atoms with van der Waals surface area (Å²) in [7, 11) is 0. The number of halogens is 3. The topological polar surface area (TPSA) is 40.5 Å². The summed E-state index contributed by atoms with van der Waals surface area (Å²) in [4.78, 5) is 13.5. The first-order valence-corrected chi connectivity index (χ1v) is 7.34. The number of carbonyl (C=O) groups is 1. The second kappa shape index (κ2) is 6.28. The molecule has 0 radical (unpaired) electrons. The lowest BCUT2D eigenvalue weighted by molar-refractivity contribution is -0.272. The van der Waals surface area contributed by atoms with Gasteiger partial charge in [-0.2, -0.15) is 13.2 Å². The molecule has 0 saturated carbocycles. The Kier molecular flexibility index (Phi) is 4.80. The SMILES string of the molecule is Cc1ccc(CCC(=O)N2CCC(O)(C(F)(F)F)CC2)cc1. The van der Waals surface area contributed by atoms with Crippen LogP contribution < -0.4 is 0 Å². The van der Waals surface area contributed by atoms with Crippen molar-refractivity contribution in [1.29, 1.82) is 0 Å². The summed E-state index contributed by atoms with van der Waals surface area (Å²) >= 11 is 0. The highest BCUT2D eigenvalue weighted by Crippen LogP contribution is 2.38. The van der Waals surface area contributed by atoms with E-state index in [1.807, 2.05) is 31.2 Å². The summed E-state index contributed by atoms with van der Waals surface area (Å²) < 4.78 is 38.1. The van der Waals surface area contributed by atoms with Crippen molar-refractivity contribution in [3.8, 4) is 0 Å². The van der Waals surface area contributed by atoms with E-state index in [2.05, 4.69) is 0 Å². The van der Waals surface area contributed by atoms with Gasteiger partial charge < -0.3 is 10.0 Å². The fourth-order valence-electron chi connectivity index (χ4n) is 2.57. The smallest absolute Gasteiger partial charge is 0.380 e. The Morgan fingerprint density at radius 2 is 1.77 bits per heavy atom.